The van der Waals surface area contributed by atoms with Gasteiger partial charge >= 0.3 is 0 Å². The van der Waals surface area contributed by atoms with Crippen LogP contribution in [0.4, 0.5) is 21.5 Å². The molecule has 0 unspecified atom stereocenters. The monoisotopic (exact) mass is 328 g/mol. The Morgan fingerprint density at radius 1 is 1.22 bits per heavy atom. The van der Waals surface area contributed by atoms with Gasteiger partial charge in [0.15, 0.2) is 0 Å². The lowest BCUT2D eigenvalue weighted by Crippen LogP contribution is -1.98. The van der Waals surface area contributed by atoms with Crippen molar-refractivity contribution < 1.29 is 4.39 Å². The average molecular weight is 330 g/mol. The molecule has 0 bridgehead atoms. The van der Waals surface area contributed by atoms with Crippen molar-refractivity contribution in [2.45, 2.75) is 6.92 Å². The Morgan fingerprint density at radius 2 is 1.94 bits per heavy atom. The molecule has 0 aliphatic heterocycles. The number of nitrogens with two attached hydrogens (primary N) is 1. The fraction of sp³-hybridized carbons (Fsp3) is 0.0769. The number of rotatable bonds is 2. The van der Waals surface area contributed by atoms with Crippen LogP contribution in [0.2, 0.25) is 5.02 Å². The number of halogens is 3. The van der Waals surface area contributed by atoms with Crippen LogP contribution < -0.4 is 11.1 Å². The normalized spacial score (nSPS) is 10.4. The summed E-state index contributed by atoms with van der Waals surface area (Å²) in [7, 11) is 0. The summed E-state index contributed by atoms with van der Waals surface area (Å²) in [5.74, 6) is -0.500. The number of benzene rings is 2. The van der Waals surface area contributed by atoms with Crippen LogP contribution in [0.3, 0.4) is 0 Å². The molecule has 0 saturated carbocycles. The standard InChI is InChI=1S/C13H11BrClFN2/c1-7-2-8(14)4-9(3-7)18-13-6-11(16)10(15)5-12(13)17/h2-6,18H,17H2,1H3. The Morgan fingerprint density at radius 3 is 2.61 bits per heavy atom. The number of hydrogen-bond donors (Lipinski definition) is 2. The van der Waals surface area contributed by atoms with E-state index in [-0.39, 0.29) is 5.02 Å². The van der Waals surface area contributed by atoms with Gasteiger partial charge in [0.25, 0.3) is 0 Å². The molecule has 0 heterocycles. The molecular weight excluding hydrogens is 319 g/mol. The van der Waals surface area contributed by atoms with E-state index >= 15 is 0 Å². The molecule has 0 saturated heterocycles. The summed E-state index contributed by atoms with van der Waals surface area (Å²) in [6.45, 7) is 1.97. The zero-order valence-electron chi connectivity index (χ0n) is 9.60. The van der Waals surface area contributed by atoms with Crippen molar-refractivity contribution >= 4 is 44.6 Å². The molecule has 0 aromatic heterocycles. The smallest absolute Gasteiger partial charge is 0.144 e. The fourth-order valence-electron chi connectivity index (χ4n) is 1.63. The summed E-state index contributed by atoms with van der Waals surface area (Å²) in [5, 5.41) is 3.09. The number of aryl methyl sites for hydroxylation is 1. The first-order valence-electron chi connectivity index (χ1n) is 5.24. The predicted octanol–water partition coefficient (Wildman–Crippen LogP) is 4.88. The Balaban J connectivity index is 2.36. The summed E-state index contributed by atoms with van der Waals surface area (Å²) in [6, 6.07) is 8.49. The zero-order valence-corrected chi connectivity index (χ0v) is 11.9. The third-order valence-corrected chi connectivity index (χ3v) is 3.16. The molecule has 2 rings (SSSR count). The van der Waals surface area contributed by atoms with Crippen LogP contribution in [0, 0.1) is 12.7 Å². The van der Waals surface area contributed by atoms with Gasteiger partial charge < -0.3 is 11.1 Å². The molecular formula is C13H11BrClFN2. The Labute approximate surface area is 118 Å². The molecule has 0 fully saturated rings. The van der Waals surface area contributed by atoms with E-state index in [0.29, 0.717) is 11.4 Å². The SMILES string of the molecule is Cc1cc(Br)cc(Nc2cc(F)c(Cl)cc2N)c1. The molecule has 0 spiro atoms. The Kier molecular flexibility index (Phi) is 3.78. The lowest BCUT2D eigenvalue weighted by Gasteiger charge is -2.11. The van der Waals surface area contributed by atoms with Crippen LogP contribution >= 0.6 is 27.5 Å². The van der Waals surface area contributed by atoms with E-state index in [0.717, 1.165) is 15.7 Å². The van der Waals surface area contributed by atoms with Crippen molar-refractivity contribution in [2.75, 3.05) is 11.1 Å². The Hall–Kier alpha value is -1.26. The van der Waals surface area contributed by atoms with E-state index in [4.69, 9.17) is 17.3 Å². The van der Waals surface area contributed by atoms with Gasteiger partial charge in [-0.2, -0.15) is 0 Å². The van der Waals surface area contributed by atoms with Gasteiger partial charge in [-0.25, -0.2) is 4.39 Å². The van der Waals surface area contributed by atoms with Gasteiger partial charge in [0.05, 0.1) is 16.4 Å². The molecule has 2 aromatic carbocycles. The van der Waals surface area contributed by atoms with E-state index < -0.39 is 5.82 Å². The number of nitrogen functional groups attached to an aromatic ring is 1. The highest BCUT2D eigenvalue weighted by Gasteiger charge is 2.07. The molecule has 0 atom stereocenters. The first kappa shape index (κ1) is 13.2. The van der Waals surface area contributed by atoms with E-state index in [2.05, 4.69) is 21.2 Å². The average Bonchev–Trinajstić information content (AvgIpc) is 2.24. The highest BCUT2D eigenvalue weighted by atomic mass is 79.9. The minimum absolute atomic E-state index is 0.0171. The predicted molar refractivity (Wildman–Crippen MR) is 78.0 cm³/mol. The molecule has 0 aliphatic rings. The molecule has 0 radical (unpaired) electrons. The number of nitrogens with one attached hydrogen (secondary N) is 1. The molecule has 0 amide bonds. The quantitative estimate of drug-likeness (QED) is 0.771. The second-order valence-electron chi connectivity index (χ2n) is 4.00. The number of anilines is 3. The maximum Gasteiger partial charge on any atom is 0.144 e. The van der Waals surface area contributed by atoms with Crippen molar-refractivity contribution in [1.29, 1.82) is 0 Å². The highest BCUT2D eigenvalue weighted by Crippen LogP contribution is 2.30. The summed E-state index contributed by atoms with van der Waals surface area (Å²) in [6.07, 6.45) is 0. The first-order chi connectivity index (χ1) is 8.45. The minimum atomic E-state index is -0.500. The van der Waals surface area contributed by atoms with Crippen molar-refractivity contribution in [3.63, 3.8) is 0 Å². The molecule has 18 heavy (non-hydrogen) atoms. The van der Waals surface area contributed by atoms with Gasteiger partial charge in [-0.1, -0.05) is 27.5 Å². The van der Waals surface area contributed by atoms with Gasteiger partial charge in [-0.15, -0.1) is 0 Å². The summed E-state index contributed by atoms with van der Waals surface area (Å²) < 4.78 is 14.3. The van der Waals surface area contributed by atoms with Gasteiger partial charge in [0.2, 0.25) is 0 Å². The third-order valence-electron chi connectivity index (χ3n) is 2.41. The Bertz CT molecular complexity index is 582. The van der Waals surface area contributed by atoms with Gasteiger partial charge in [0, 0.05) is 16.2 Å². The van der Waals surface area contributed by atoms with Crippen LogP contribution in [-0.2, 0) is 0 Å². The van der Waals surface area contributed by atoms with E-state index in [9.17, 15) is 4.39 Å². The topological polar surface area (TPSA) is 38.0 Å². The fourth-order valence-corrected chi connectivity index (χ4v) is 2.41. The molecule has 2 aromatic rings. The van der Waals surface area contributed by atoms with Crippen LogP contribution in [0.1, 0.15) is 5.56 Å². The molecule has 5 heteroatoms. The molecule has 94 valence electrons. The maximum absolute atomic E-state index is 13.4. The van der Waals surface area contributed by atoms with Gasteiger partial charge in [-0.3, -0.25) is 0 Å². The van der Waals surface area contributed by atoms with E-state index in [1.165, 1.54) is 12.1 Å². The van der Waals surface area contributed by atoms with Gasteiger partial charge in [0.1, 0.15) is 5.82 Å². The van der Waals surface area contributed by atoms with Crippen molar-refractivity contribution in [3.05, 3.63) is 51.2 Å². The zero-order chi connectivity index (χ0) is 13.3. The van der Waals surface area contributed by atoms with Crippen LogP contribution in [-0.4, -0.2) is 0 Å². The van der Waals surface area contributed by atoms with Crippen molar-refractivity contribution in [1.82, 2.24) is 0 Å². The first-order valence-corrected chi connectivity index (χ1v) is 6.41. The second-order valence-corrected chi connectivity index (χ2v) is 5.32. The van der Waals surface area contributed by atoms with Crippen LogP contribution in [0.5, 0.6) is 0 Å². The summed E-state index contributed by atoms with van der Waals surface area (Å²) >= 11 is 9.05. The van der Waals surface area contributed by atoms with Gasteiger partial charge in [-0.05, 0) is 36.8 Å². The largest absolute Gasteiger partial charge is 0.397 e. The van der Waals surface area contributed by atoms with E-state index in [1.54, 1.807) is 0 Å². The van der Waals surface area contributed by atoms with E-state index in [1.807, 2.05) is 25.1 Å². The molecule has 2 nitrogen and oxygen atoms in total. The maximum atomic E-state index is 13.4. The third kappa shape index (κ3) is 2.94. The van der Waals surface area contributed by atoms with Crippen LogP contribution in [0.15, 0.2) is 34.8 Å². The number of hydrogen-bond acceptors (Lipinski definition) is 2. The van der Waals surface area contributed by atoms with Crippen molar-refractivity contribution in [3.8, 4) is 0 Å². The lowest BCUT2D eigenvalue weighted by molar-refractivity contribution is 0.629. The summed E-state index contributed by atoms with van der Waals surface area (Å²) in [4.78, 5) is 0. The highest BCUT2D eigenvalue weighted by molar-refractivity contribution is 9.10. The van der Waals surface area contributed by atoms with Crippen LogP contribution in [0.25, 0.3) is 0 Å². The van der Waals surface area contributed by atoms with Crippen molar-refractivity contribution in [2.24, 2.45) is 0 Å². The molecule has 0 aliphatic carbocycles. The second kappa shape index (κ2) is 5.16. The lowest BCUT2D eigenvalue weighted by atomic mass is 10.2. The minimum Gasteiger partial charge on any atom is -0.397 e. The summed E-state index contributed by atoms with van der Waals surface area (Å²) in [5.41, 5.74) is 8.60. The molecule has 3 N–H and O–H groups in total.